The summed E-state index contributed by atoms with van der Waals surface area (Å²) >= 11 is 0. The minimum absolute atomic E-state index is 0.0266. The largest absolute Gasteiger partial charge is 0.493 e. The first-order chi connectivity index (χ1) is 18.3. The lowest BCUT2D eigenvalue weighted by molar-refractivity contribution is -0.136. The van der Waals surface area contributed by atoms with Crippen molar-refractivity contribution in [3.8, 4) is 17.2 Å². The van der Waals surface area contributed by atoms with Gasteiger partial charge in [0, 0.05) is 30.5 Å². The Balaban J connectivity index is 1.42. The number of rotatable bonds is 11. The van der Waals surface area contributed by atoms with Gasteiger partial charge >= 0.3 is 5.97 Å². The maximum atomic E-state index is 13.5. The van der Waals surface area contributed by atoms with E-state index in [9.17, 15) is 18.4 Å². The van der Waals surface area contributed by atoms with Gasteiger partial charge in [-0.25, -0.2) is 13.8 Å². The van der Waals surface area contributed by atoms with Crippen LogP contribution in [0.15, 0.2) is 71.1 Å². The van der Waals surface area contributed by atoms with E-state index < -0.39 is 23.5 Å². The van der Waals surface area contributed by atoms with Gasteiger partial charge in [0.05, 0.1) is 12.3 Å². The molecule has 4 rings (SSSR count). The summed E-state index contributed by atoms with van der Waals surface area (Å²) in [5.74, 6) is -1.91. The van der Waals surface area contributed by atoms with E-state index in [1.165, 1.54) is 6.07 Å². The van der Waals surface area contributed by atoms with Crippen LogP contribution in [0.3, 0.4) is 0 Å². The zero-order chi connectivity index (χ0) is 27.1. The van der Waals surface area contributed by atoms with E-state index in [1.54, 1.807) is 18.2 Å². The number of carbonyl (C=O) groups is 2. The third-order valence-electron chi connectivity index (χ3n) is 5.93. The predicted molar refractivity (Wildman–Crippen MR) is 136 cm³/mol. The van der Waals surface area contributed by atoms with E-state index in [1.807, 2.05) is 37.3 Å². The number of oxazole rings is 1. The fourth-order valence-electron chi connectivity index (χ4n) is 3.89. The van der Waals surface area contributed by atoms with Crippen molar-refractivity contribution >= 4 is 11.9 Å². The van der Waals surface area contributed by atoms with Gasteiger partial charge in [-0.2, -0.15) is 0 Å². The quantitative estimate of drug-likeness (QED) is 0.271. The van der Waals surface area contributed by atoms with Gasteiger partial charge in [-0.3, -0.25) is 9.59 Å². The number of carboxylic acid groups (broad SMARTS) is 1. The second-order valence-electron chi connectivity index (χ2n) is 8.62. The molecule has 0 spiro atoms. The van der Waals surface area contributed by atoms with Crippen molar-refractivity contribution in [2.45, 2.75) is 32.7 Å². The predicted octanol–water partition coefficient (Wildman–Crippen LogP) is 5.50. The fourth-order valence-corrected chi connectivity index (χ4v) is 3.89. The van der Waals surface area contributed by atoms with E-state index in [0.717, 1.165) is 29.0 Å². The van der Waals surface area contributed by atoms with E-state index >= 15 is 0 Å². The molecule has 0 radical (unpaired) electrons. The molecule has 0 saturated carbocycles. The summed E-state index contributed by atoms with van der Waals surface area (Å²) < 4.78 is 38.4. The molecule has 0 aliphatic heterocycles. The number of nitrogens with zero attached hydrogens (tertiary/aromatic N) is 1. The van der Waals surface area contributed by atoms with Crippen molar-refractivity contribution in [3.05, 3.63) is 107 Å². The molecule has 9 heteroatoms. The number of benzene rings is 3. The molecular weight excluding hydrogens is 494 g/mol. The van der Waals surface area contributed by atoms with E-state index in [4.69, 9.17) is 14.3 Å². The molecule has 1 aromatic heterocycles. The second-order valence-corrected chi connectivity index (χ2v) is 8.62. The Morgan fingerprint density at radius 2 is 1.76 bits per heavy atom. The van der Waals surface area contributed by atoms with Crippen LogP contribution in [0.1, 0.15) is 39.4 Å². The average Bonchev–Trinajstić information content (AvgIpc) is 3.28. The van der Waals surface area contributed by atoms with Crippen molar-refractivity contribution < 1.29 is 32.6 Å². The molecule has 0 atom stereocenters. The van der Waals surface area contributed by atoms with E-state index in [2.05, 4.69) is 10.3 Å². The third-order valence-corrected chi connectivity index (χ3v) is 5.93. The summed E-state index contributed by atoms with van der Waals surface area (Å²) in [4.78, 5) is 28.1. The number of hydrogen-bond acceptors (Lipinski definition) is 5. The van der Waals surface area contributed by atoms with Crippen molar-refractivity contribution in [1.29, 1.82) is 0 Å². The van der Waals surface area contributed by atoms with E-state index in [-0.39, 0.29) is 24.9 Å². The van der Waals surface area contributed by atoms with Crippen molar-refractivity contribution in [1.82, 2.24) is 10.3 Å². The number of amides is 1. The van der Waals surface area contributed by atoms with Gasteiger partial charge in [-0.05, 0) is 66.9 Å². The molecule has 0 fully saturated rings. The highest BCUT2D eigenvalue weighted by atomic mass is 19.2. The molecule has 196 valence electrons. The molecule has 0 saturated heterocycles. The molecule has 0 unspecified atom stereocenters. The Hall–Kier alpha value is -4.53. The molecule has 1 heterocycles. The number of halogens is 2. The first kappa shape index (κ1) is 26.5. The number of ether oxygens (including phenoxy) is 1. The summed E-state index contributed by atoms with van der Waals surface area (Å²) in [7, 11) is 0. The Kier molecular flexibility index (Phi) is 8.47. The lowest BCUT2D eigenvalue weighted by Gasteiger charge is -2.13. The minimum atomic E-state index is -1.12. The van der Waals surface area contributed by atoms with Gasteiger partial charge in [-0.1, -0.05) is 24.3 Å². The number of carbonyl (C=O) groups excluding carboxylic acids is 1. The number of aliphatic carboxylic acids is 1. The summed E-state index contributed by atoms with van der Waals surface area (Å²) in [5, 5.41) is 11.8. The zero-order valence-electron chi connectivity index (χ0n) is 20.7. The zero-order valence-corrected chi connectivity index (χ0v) is 20.7. The summed E-state index contributed by atoms with van der Waals surface area (Å²) in [6, 6.07) is 17.7. The summed E-state index contributed by atoms with van der Waals surface area (Å²) in [6.07, 6.45) is 0.678. The molecular formula is C29H26F2N2O5. The second kappa shape index (κ2) is 12.1. The Bertz CT molecular complexity index is 1440. The standard InChI is InChI=1S/C29H26F2N2O5/c1-18-26(33-29(38-18)20-5-3-2-4-6-20)13-14-37-23-10-7-19(9-12-27(34)35)22(15-23)17-32-28(36)21-8-11-24(30)25(31)16-21/h2-8,10-11,15-16H,9,12-14,17H2,1H3,(H,32,36)(H,34,35). The highest BCUT2D eigenvalue weighted by Gasteiger charge is 2.14. The Morgan fingerprint density at radius 3 is 2.50 bits per heavy atom. The number of carboxylic acids is 1. The SMILES string of the molecule is Cc1oc(-c2ccccc2)nc1CCOc1ccc(CCC(=O)O)c(CNC(=O)c2ccc(F)c(F)c2)c1. The van der Waals surface area contributed by atoms with Gasteiger partial charge in [-0.15, -0.1) is 0 Å². The monoisotopic (exact) mass is 520 g/mol. The molecule has 0 bridgehead atoms. The number of hydrogen-bond donors (Lipinski definition) is 2. The third kappa shape index (κ3) is 6.82. The van der Waals surface area contributed by atoms with Crippen molar-refractivity contribution in [2.75, 3.05) is 6.61 Å². The molecule has 2 N–H and O–H groups in total. The maximum Gasteiger partial charge on any atom is 0.303 e. The van der Waals surface area contributed by atoms with Crippen LogP contribution >= 0.6 is 0 Å². The average molecular weight is 521 g/mol. The minimum Gasteiger partial charge on any atom is -0.493 e. The molecule has 0 aliphatic carbocycles. The van der Waals surface area contributed by atoms with Crippen LogP contribution in [0.25, 0.3) is 11.5 Å². The van der Waals surface area contributed by atoms with Crippen LogP contribution in [0.4, 0.5) is 8.78 Å². The normalized spacial score (nSPS) is 10.8. The smallest absolute Gasteiger partial charge is 0.303 e. The van der Waals surface area contributed by atoms with Crippen LogP contribution in [0.2, 0.25) is 0 Å². The molecule has 4 aromatic rings. The lowest BCUT2D eigenvalue weighted by Crippen LogP contribution is -2.23. The van der Waals surface area contributed by atoms with Gasteiger partial charge in [0.25, 0.3) is 5.91 Å². The van der Waals surface area contributed by atoms with Crippen LogP contribution in [0, 0.1) is 18.6 Å². The van der Waals surface area contributed by atoms with Crippen LogP contribution in [-0.2, 0) is 24.2 Å². The first-order valence-corrected chi connectivity index (χ1v) is 12.0. The molecule has 7 nitrogen and oxygen atoms in total. The first-order valence-electron chi connectivity index (χ1n) is 12.0. The topological polar surface area (TPSA) is 102 Å². The van der Waals surface area contributed by atoms with Gasteiger partial charge < -0.3 is 19.6 Å². The Labute approximate surface area is 218 Å². The Morgan fingerprint density at radius 1 is 0.974 bits per heavy atom. The van der Waals surface area contributed by atoms with Gasteiger partial charge in [0.15, 0.2) is 11.6 Å². The summed E-state index contributed by atoms with van der Waals surface area (Å²) in [5.41, 5.74) is 3.02. The number of aromatic nitrogens is 1. The van der Waals surface area contributed by atoms with E-state index in [0.29, 0.717) is 36.0 Å². The van der Waals surface area contributed by atoms with Crippen LogP contribution < -0.4 is 10.1 Å². The van der Waals surface area contributed by atoms with Gasteiger partial charge in [0.1, 0.15) is 11.5 Å². The van der Waals surface area contributed by atoms with Crippen molar-refractivity contribution in [2.24, 2.45) is 0 Å². The molecule has 1 amide bonds. The maximum absolute atomic E-state index is 13.5. The molecule has 3 aromatic carbocycles. The molecule has 0 aliphatic rings. The van der Waals surface area contributed by atoms with Crippen molar-refractivity contribution in [3.63, 3.8) is 0 Å². The van der Waals surface area contributed by atoms with Crippen LogP contribution in [-0.4, -0.2) is 28.6 Å². The molecule has 38 heavy (non-hydrogen) atoms. The summed E-state index contributed by atoms with van der Waals surface area (Å²) in [6.45, 7) is 2.21. The number of nitrogens with one attached hydrogen (secondary N) is 1. The highest BCUT2D eigenvalue weighted by Crippen LogP contribution is 2.23. The number of aryl methyl sites for hydroxylation is 2. The lowest BCUT2D eigenvalue weighted by atomic mass is 10.0. The van der Waals surface area contributed by atoms with Gasteiger partial charge in [0.2, 0.25) is 5.89 Å². The fraction of sp³-hybridized carbons (Fsp3) is 0.207. The highest BCUT2D eigenvalue weighted by molar-refractivity contribution is 5.94. The van der Waals surface area contributed by atoms with Crippen LogP contribution in [0.5, 0.6) is 5.75 Å².